The molecule has 0 spiro atoms. The standard InChI is InChI=1S/C11H15NO/c1-7-5-10(8(2)12)6-9-3-4-13-11(7)9/h5-6,8H,3-4,12H2,1-2H3. The zero-order valence-electron chi connectivity index (χ0n) is 8.13. The number of aryl methyl sites for hydroxylation is 1. The van der Waals surface area contributed by atoms with Crippen molar-refractivity contribution in [3.05, 3.63) is 28.8 Å². The van der Waals surface area contributed by atoms with Gasteiger partial charge in [0, 0.05) is 12.5 Å². The molecule has 0 aliphatic carbocycles. The van der Waals surface area contributed by atoms with Crippen molar-refractivity contribution in [1.29, 1.82) is 0 Å². The van der Waals surface area contributed by atoms with Gasteiger partial charge >= 0.3 is 0 Å². The van der Waals surface area contributed by atoms with Gasteiger partial charge in [0.2, 0.25) is 0 Å². The second-order valence-corrected chi connectivity index (χ2v) is 3.71. The summed E-state index contributed by atoms with van der Waals surface area (Å²) in [7, 11) is 0. The molecule has 13 heavy (non-hydrogen) atoms. The van der Waals surface area contributed by atoms with Gasteiger partial charge in [0.05, 0.1) is 6.61 Å². The van der Waals surface area contributed by atoms with Crippen LogP contribution in [-0.4, -0.2) is 6.61 Å². The Kier molecular flexibility index (Phi) is 2.00. The van der Waals surface area contributed by atoms with Crippen LogP contribution in [0.2, 0.25) is 0 Å². The molecule has 0 amide bonds. The van der Waals surface area contributed by atoms with Gasteiger partial charge in [-0.05, 0) is 30.5 Å². The molecule has 0 radical (unpaired) electrons. The zero-order valence-corrected chi connectivity index (χ0v) is 8.13. The lowest BCUT2D eigenvalue weighted by Gasteiger charge is -2.10. The highest BCUT2D eigenvalue weighted by Gasteiger charge is 2.16. The second kappa shape index (κ2) is 3.04. The number of nitrogens with two attached hydrogens (primary N) is 1. The highest BCUT2D eigenvalue weighted by atomic mass is 16.5. The lowest BCUT2D eigenvalue weighted by atomic mass is 10.0. The van der Waals surface area contributed by atoms with Crippen LogP contribution in [0.1, 0.15) is 29.7 Å². The first-order valence-corrected chi connectivity index (χ1v) is 4.70. The summed E-state index contributed by atoms with van der Waals surface area (Å²) in [5.74, 6) is 1.07. The average molecular weight is 177 g/mol. The van der Waals surface area contributed by atoms with Gasteiger partial charge in [-0.1, -0.05) is 12.1 Å². The lowest BCUT2D eigenvalue weighted by Crippen LogP contribution is -2.05. The van der Waals surface area contributed by atoms with E-state index in [0.29, 0.717) is 0 Å². The summed E-state index contributed by atoms with van der Waals surface area (Å²) in [6.45, 7) is 4.91. The average Bonchev–Trinajstić information content (AvgIpc) is 2.51. The molecule has 1 atom stereocenters. The first-order valence-electron chi connectivity index (χ1n) is 4.70. The molecule has 1 unspecified atom stereocenters. The Balaban J connectivity index is 2.49. The summed E-state index contributed by atoms with van der Waals surface area (Å²) in [5, 5.41) is 0. The van der Waals surface area contributed by atoms with Crippen molar-refractivity contribution >= 4 is 0 Å². The molecule has 1 aliphatic rings. The van der Waals surface area contributed by atoms with Gasteiger partial charge in [-0.15, -0.1) is 0 Å². The van der Waals surface area contributed by atoms with Crippen LogP contribution >= 0.6 is 0 Å². The van der Waals surface area contributed by atoms with Crippen LogP contribution < -0.4 is 10.5 Å². The smallest absolute Gasteiger partial charge is 0.125 e. The molecule has 2 heteroatoms. The van der Waals surface area contributed by atoms with Gasteiger partial charge < -0.3 is 10.5 Å². The van der Waals surface area contributed by atoms with Crippen molar-refractivity contribution < 1.29 is 4.74 Å². The van der Waals surface area contributed by atoms with Gasteiger partial charge in [-0.3, -0.25) is 0 Å². The fourth-order valence-electron chi connectivity index (χ4n) is 1.80. The summed E-state index contributed by atoms with van der Waals surface area (Å²) in [6, 6.07) is 4.40. The number of hydrogen-bond donors (Lipinski definition) is 1. The van der Waals surface area contributed by atoms with E-state index in [2.05, 4.69) is 19.1 Å². The third kappa shape index (κ3) is 1.42. The summed E-state index contributed by atoms with van der Waals surface area (Å²) in [6.07, 6.45) is 1.02. The summed E-state index contributed by atoms with van der Waals surface area (Å²) >= 11 is 0. The summed E-state index contributed by atoms with van der Waals surface area (Å²) in [4.78, 5) is 0. The fourth-order valence-corrected chi connectivity index (χ4v) is 1.80. The van der Waals surface area contributed by atoms with Gasteiger partial charge in [0.1, 0.15) is 5.75 Å². The normalized spacial score (nSPS) is 16.5. The molecule has 1 aliphatic heterocycles. The van der Waals surface area contributed by atoms with E-state index in [1.807, 2.05) is 6.92 Å². The molecule has 2 N–H and O–H groups in total. The Bertz CT molecular complexity index is 331. The number of hydrogen-bond acceptors (Lipinski definition) is 2. The number of fused-ring (bicyclic) bond motifs is 1. The second-order valence-electron chi connectivity index (χ2n) is 3.71. The zero-order chi connectivity index (χ0) is 9.42. The highest BCUT2D eigenvalue weighted by molar-refractivity contribution is 5.46. The maximum absolute atomic E-state index is 5.84. The molecule has 1 aromatic carbocycles. The van der Waals surface area contributed by atoms with Crippen molar-refractivity contribution in [2.45, 2.75) is 26.3 Å². The van der Waals surface area contributed by atoms with Crippen LogP contribution in [0.25, 0.3) is 0 Å². The van der Waals surface area contributed by atoms with Crippen LogP contribution in [0, 0.1) is 6.92 Å². The molecule has 0 saturated heterocycles. The van der Waals surface area contributed by atoms with Gasteiger partial charge in [0.25, 0.3) is 0 Å². The van der Waals surface area contributed by atoms with Crippen molar-refractivity contribution in [2.75, 3.05) is 6.61 Å². The maximum atomic E-state index is 5.84. The van der Waals surface area contributed by atoms with E-state index in [1.54, 1.807) is 0 Å². The quantitative estimate of drug-likeness (QED) is 0.711. The Morgan fingerprint density at radius 2 is 2.23 bits per heavy atom. The predicted molar refractivity (Wildman–Crippen MR) is 53.0 cm³/mol. The minimum absolute atomic E-state index is 0.115. The van der Waals surface area contributed by atoms with Crippen LogP contribution in [0.15, 0.2) is 12.1 Å². The van der Waals surface area contributed by atoms with E-state index in [4.69, 9.17) is 10.5 Å². The van der Waals surface area contributed by atoms with Crippen molar-refractivity contribution in [3.8, 4) is 5.75 Å². The molecule has 0 aromatic heterocycles. The van der Waals surface area contributed by atoms with E-state index in [9.17, 15) is 0 Å². The third-order valence-electron chi connectivity index (χ3n) is 2.52. The van der Waals surface area contributed by atoms with Gasteiger partial charge in [-0.2, -0.15) is 0 Å². The molecule has 70 valence electrons. The lowest BCUT2D eigenvalue weighted by molar-refractivity contribution is 0.354. The Hall–Kier alpha value is -1.02. The molecule has 1 aromatic rings. The Morgan fingerprint density at radius 1 is 1.46 bits per heavy atom. The topological polar surface area (TPSA) is 35.2 Å². The first kappa shape index (κ1) is 8.57. The number of rotatable bonds is 1. The van der Waals surface area contributed by atoms with Crippen molar-refractivity contribution in [2.24, 2.45) is 5.73 Å². The molecular weight excluding hydrogens is 162 g/mol. The van der Waals surface area contributed by atoms with E-state index in [1.165, 1.54) is 16.7 Å². The molecule has 0 bridgehead atoms. The minimum Gasteiger partial charge on any atom is -0.493 e. The van der Waals surface area contributed by atoms with Gasteiger partial charge in [0.15, 0.2) is 0 Å². The van der Waals surface area contributed by atoms with E-state index in [-0.39, 0.29) is 6.04 Å². The fraction of sp³-hybridized carbons (Fsp3) is 0.455. The molecule has 2 nitrogen and oxygen atoms in total. The molecule has 0 fully saturated rings. The molecule has 2 rings (SSSR count). The monoisotopic (exact) mass is 177 g/mol. The minimum atomic E-state index is 0.115. The highest BCUT2D eigenvalue weighted by Crippen LogP contribution is 2.31. The van der Waals surface area contributed by atoms with Crippen LogP contribution in [0.4, 0.5) is 0 Å². The Labute approximate surface area is 78.7 Å². The molecule has 0 saturated carbocycles. The first-order chi connectivity index (χ1) is 6.18. The maximum Gasteiger partial charge on any atom is 0.125 e. The summed E-state index contributed by atoms with van der Waals surface area (Å²) in [5.41, 5.74) is 9.57. The predicted octanol–water partition coefficient (Wildman–Crippen LogP) is 1.95. The van der Waals surface area contributed by atoms with Crippen molar-refractivity contribution in [1.82, 2.24) is 0 Å². The Morgan fingerprint density at radius 3 is 2.92 bits per heavy atom. The van der Waals surface area contributed by atoms with Crippen LogP contribution in [0.5, 0.6) is 5.75 Å². The number of benzene rings is 1. The number of ether oxygens (including phenoxy) is 1. The van der Waals surface area contributed by atoms with E-state index in [0.717, 1.165) is 18.8 Å². The van der Waals surface area contributed by atoms with Crippen LogP contribution in [0.3, 0.4) is 0 Å². The largest absolute Gasteiger partial charge is 0.493 e. The SMILES string of the molecule is Cc1cc(C(C)N)cc2c1OCC2. The molecular formula is C11H15NO. The van der Waals surface area contributed by atoms with E-state index < -0.39 is 0 Å². The third-order valence-corrected chi connectivity index (χ3v) is 2.52. The van der Waals surface area contributed by atoms with Crippen molar-refractivity contribution in [3.63, 3.8) is 0 Å². The summed E-state index contributed by atoms with van der Waals surface area (Å²) < 4.78 is 5.52. The van der Waals surface area contributed by atoms with Gasteiger partial charge in [-0.25, -0.2) is 0 Å². The molecule has 1 heterocycles. The van der Waals surface area contributed by atoms with E-state index >= 15 is 0 Å². The van der Waals surface area contributed by atoms with Crippen LogP contribution in [-0.2, 0) is 6.42 Å².